The minimum Gasteiger partial charge on any atom is -0.507 e. The second kappa shape index (κ2) is 6.05. The molecule has 1 aliphatic heterocycles. The zero-order valence-electron chi connectivity index (χ0n) is 11.4. The summed E-state index contributed by atoms with van der Waals surface area (Å²) in [7, 11) is 0. The summed E-state index contributed by atoms with van der Waals surface area (Å²) in [4.78, 5) is 12.0. The summed E-state index contributed by atoms with van der Waals surface area (Å²) in [6.07, 6.45) is 0.810. The zero-order valence-corrected chi connectivity index (χ0v) is 11.4. The SMILES string of the molecule is C=C(C)C1OCCC1CNC(=O)c1ccc(F)cc1O. The van der Waals surface area contributed by atoms with Gasteiger partial charge in [-0.25, -0.2) is 4.39 Å². The van der Waals surface area contributed by atoms with Crippen LogP contribution in [-0.2, 0) is 4.74 Å². The van der Waals surface area contributed by atoms with Crippen LogP contribution in [0, 0.1) is 11.7 Å². The number of hydrogen-bond donors (Lipinski definition) is 2. The van der Waals surface area contributed by atoms with E-state index in [4.69, 9.17) is 4.74 Å². The largest absolute Gasteiger partial charge is 0.507 e. The molecule has 1 heterocycles. The molecule has 0 radical (unpaired) electrons. The summed E-state index contributed by atoms with van der Waals surface area (Å²) in [6.45, 7) is 6.87. The van der Waals surface area contributed by atoms with Gasteiger partial charge in [0.25, 0.3) is 5.91 Å². The number of aromatic hydroxyl groups is 1. The highest BCUT2D eigenvalue weighted by Crippen LogP contribution is 2.25. The maximum Gasteiger partial charge on any atom is 0.255 e. The van der Waals surface area contributed by atoms with Crippen LogP contribution in [0.4, 0.5) is 4.39 Å². The molecule has 0 spiro atoms. The fourth-order valence-corrected chi connectivity index (χ4v) is 2.40. The number of amides is 1. The van der Waals surface area contributed by atoms with E-state index in [0.717, 1.165) is 24.1 Å². The molecule has 1 aliphatic rings. The molecule has 108 valence electrons. The minimum atomic E-state index is -0.578. The van der Waals surface area contributed by atoms with E-state index in [1.54, 1.807) is 0 Å². The summed E-state index contributed by atoms with van der Waals surface area (Å²) in [6, 6.07) is 3.33. The standard InChI is InChI=1S/C15H18FNO3/c1-9(2)14-10(5-6-20-14)8-17-15(19)12-4-3-11(16)7-13(12)18/h3-4,7,10,14,18H,1,5-6,8H2,2H3,(H,17,19). The number of carbonyl (C=O) groups excluding carboxylic acids is 1. The lowest BCUT2D eigenvalue weighted by Crippen LogP contribution is -2.33. The van der Waals surface area contributed by atoms with Crippen molar-refractivity contribution in [3.05, 3.63) is 41.7 Å². The fourth-order valence-electron chi connectivity index (χ4n) is 2.40. The van der Waals surface area contributed by atoms with Gasteiger partial charge in [0.1, 0.15) is 11.6 Å². The molecular weight excluding hydrogens is 261 g/mol. The van der Waals surface area contributed by atoms with Crippen molar-refractivity contribution in [1.29, 1.82) is 0 Å². The summed E-state index contributed by atoms with van der Waals surface area (Å²) in [5, 5.41) is 12.3. The van der Waals surface area contributed by atoms with E-state index in [-0.39, 0.29) is 23.3 Å². The first-order chi connectivity index (χ1) is 9.49. The number of halogens is 1. The average molecular weight is 279 g/mol. The maximum absolute atomic E-state index is 12.9. The molecule has 2 N–H and O–H groups in total. The first-order valence-corrected chi connectivity index (χ1v) is 6.52. The Balaban J connectivity index is 1.97. The van der Waals surface area contributed by atoms with E-state index in [1.807, 2.05) is 6.92 Å². The highest BCUT2D eigenvalue weighted by Gasteiger charge is 2.29. The van der Waals surface area contributed by atoms with Gasteiger partial charge >= 0.3 is 0 Å². The Bertz CT molecular complexity index is 530. The van der Waals surface area contributed by atoms with Crippen molar-refractivity contribution in [2.24, 2.45) is 5.92 Å². The van der Waals surface area contributed by atoms with Gasteiger partial charge in [-0.1, -0.05) is 12.2 Å². The molecule has 4 nitrogen and oxygen atoms in total. The van der Waals surface area contributed by atoms with Crippen molar-refractivity contribution in [3.63, 3.8) is 0 Å². The normalized spacial score (nSPS) is 21.7. The predicted octanol–water partition coefficient (Wildman–Crippen LogP) is 2.24. The molecule has 0 aliphatic carbocycles. The van der Waals surface area contributed by atoms with Crippen molar-refractivity contribution in [3.8, 4) is 5.75 Å². The Morgan fingerprint density at radius 1 is 1.60 bits per heavy atom. The number of phenolic OH excluding ortho intramolecular Hbond substituents is 1. The van der Waals surface area contributed by atoms with Crippen molar-refractivity contribution in [2.45, 2.75) is 19.4 Å². The molecule has 20 heavy (non-hydrogen) atoms. The van der Waals surface area contributed by atoms with Gasteiger partial charge in [0, 0.05) is 25.1 Å². The maximum atomic E-state index is 12.9. The molecule has 2 unspecified atom stereocenters. The van der Waals surface area contributed by atoms with Gasteiger partial charge in [0.15, 0.2) is 0 Å². The van der Waals surface area contributed by atoms with E-state index in [2.05, 4.69) is 11.9 Å². The first-order valence-electron chi connectivity index (χ1n) is 6.52. The third-order valence-corrected chi connectivity index (χ3v) is 3.43. The minimum absolute atomic E-state index is 0.0443. The molecule has 0 saturated carbocycles. The molecule has 1 aromatic carbocycles. The van der Waals surface area contributed by atoms with Gasteiger partial charge in [0.05, 0.1) is 11.7 Å². The van der Waals surface area contributed by atoms with Gasteiger partial charge in [-0.3, -0.25) is 4.79 Å². The average Bonchev–Trinajstić information content (AvgIpc) is 2.84. The number of rotatable bonds is 4. The summed E-state index contributed by atoms with van der Waals surface area (Å²) >= 11 is 0. The lowest BCUT2D eigenvalue weighted by molar-refractivity contribution is 0.0923. The molecule has 5 heteroatoms. The van der Waals surface area contributed by atoms with Crippen molar-refractivity contribution >= 4 is 5.91 Å². The second-order valence-electron chi connectivity index (χ2n) is 5.06. The predicted molar refractivity (Wildman–Crippen MR) is 73.1 cm³/mol. The number of carbonyl (C=O) groups is 1. The third-order valence-electron chi connectivity index (χ3n) is 3.43. The third kappa shape index (κ3) is 3.17. The van der Waals surface area contributed by atoms with E-state index in [1.165, 1.54) is 6.07 Å². The lowest BCUT2D eigenvalue weighted by Gasteiger charge is -2.19. The molecular formula is C15H18FNO3. The molecule has 0 bridgehead atoms. The van der Waals surface area contributed by atoms with Gasteiger partial charge in [-0.2, -0.15) is 0 Å². The Kier molecular flexibility index (Phi) is 4.39. The van der Waals surface area contributed by atoms with Crippen LogP contribution in [0.1, 0.15) is 23.7 Å². The van der Waals surface area contributed by atoms with E-state index in [0.29, 0.717) is 13.2 Å². The Labute approximate surface area is 117 Å². The van der Waals surface area contributed by atoms with Gasteiger partial charge in [-0.15, -0.1) is 0 Å². The molecule has 1 saturated heterocycles. The number of nitrogens with one attached hydrogen (secondary N) is 1. The van der Waals surface area contributed by atoms with E-state index < -0.39 is 11.7 Å². The summed E-state index contributed by atoms with van der Waals surface area (Å²) in [5.41, 5.74) is 1.00. The van der Waals surface area contributed by atoms with Crippen LogP contribution in [0.5, 0.6) is 5.75 Å². The van der Waals surface area contributed by atoms with Crippen LogP contribution < -0.4 is 5.32 Å². The Morgan fingerprint density at radius 2 is 2.35 bits per heavy atom. The van der Waals surface area contributed by atoms with Crippen LogP contribution in [0.25, 0.3) is 0 Å². The topological polar surface area (TPSA) is 58.6 Å². The molecule has 2 rings (SSSR count). The Hall–Kier alpha value is -1.88. The molecule has 0 aromatic heterocycles. The monoisotopic (exact) mass is 279 g/mol. The highest BCUT2D eigenvalue weighted by atomic mass is 19.1. The molecule has 1 amide bonds. The van der Waals surface area contributed by atoms with E-state index >= 15 is 0 Å². The number of ether oxygens (including phenoxy) is 1. The molecule has 1 aromatic rings. The van der Waals surface area contributed by atoms with Crippen LogP contribution in [0.15, 0.2) is 30.4 Å². The smallest absolute Gasteiger partial charge is 0.255 e. The quantitative estimate of drug-likeness (QED) is 0.831. The first kappa shape index (κ1) is 14.5. The summed E-state index contributed by atoms with van der Waals surface area (Å²) in [5.74, 6) is -1.18. The lowest BCUT2D eigenvalue weighted by atomic mass is 9.97. The number of hydrogen-bond acceptors (Lipinski definition) is 3. The summed E-state index contributed by atoms with van der Waals surface area (Å²) < 4.78 is 18.4. The van der Waals surface area contributed by atoms with Crippen LogP contribution in [-0.4, -0.2) is 30.3 Å². The molecule has 2 atom stereocenters. The van der Waals surface area contributed by atoms with Gasteiger partial charge < -0.3 is 15.2 Å². The van der Waals surface area contributed by atoms with Crippen LogP contribution in [0.2, 0.25) is 0 Å². The zero-order chi connectivity index (χ0) is 14.7. The fraction of sp³-hybridized carbons (Fsp3) is 0.400. The van der Waals surface area contributed by atoms with Crippen molar-refractivity contribution in [1.82, 2.24) is 5.32 Å². The van der Waals surface area contributed by atoms with E-state index in [9.17, 15) is 14.3 Å². The Morgan fingerprint density at radius 3 is 3.00 bits per heavy atom. The molecule has 1 fully saturated rings. The highest BCUT2D eigenvalue weighted by molar-refractivity contribution is 5.96. The van der Waals surface area contributed by atoms with Crippen molar-refractivity contribution in [2.75, 3.05) is 13.2 Å². The van der Waals surface area contributed by atoms with Crippen LogP contribution >= 0.6 is 0 Å². The van der Waals surface area contributed by atoms with Gasteiger partial charge in [-0.05, 0) is 25.5 Å². The van der Waals surface area contributed by atoms with Gasteiger partial charge in [0.2, 0.25) is 0 Å². The number of benzene rings is 1. The van der Waals surface area contributed by atoms with Crippen LogP contribution in [0.3, 0.4) is 0 Å². The van der Waals surface area contributed by atoms with Crippen molar-refractivity contribution < 1.29 is 19.0 Å². The second-order valence-corrected chi connectivity index (χ2v) is 5.06. The number of phenols is 1.